The van der Waals surface area contributed by atoms with Crippen molar-refractivity contribution in [3.8, 4) is 0 Å². The van der Waals surface area contributed by atoms with Crippen molar-refractivity contribution in [3.63, 3.8) is 0 Å². The van der Waals surface area contributed by atoms with E-state index >= 15 is 0 Å². The van der Waals surface area contributed by atoms with Crippen LogP contribution in [0, 0.1) is 12.7 Å². The van der Waals surface area contributed by atoms with Gasteiger partial charge in [-0.3, -0.25) is 0 Å². The monoisotopic (exact) mass is 374 g/mol. The van der Waals surface area contributed by atoms with E-state index in [-0.39, 0.29) is 10.6 Å². The Hall–Kier alpha value is -0.550. The highest BCUT2D eigenvalue weighted by molar-refractivity contribution is 9.10. The van der Waals surface area contributed by atoms with E-state index in [1.165, 1.54) is 17.3 Å². The van der Waals surface area contributed by atoms with Crippen molar-refractivity contribution in [1.29, 1.82) is 0 Å². The Labute approximate surface area is 135 Å². The first-order valence-corrected chi connectivity index (χ1v) is 8.15. The first kappa shape index (κ1) is 15.8. The second-order valence-corrected chi connectivity index (χ2v) is 6.73. The van der Waals surface area contributed by atoms with Crippen LogP contribution in [0.25, 0.3) is 0 Å². The molecule has 0 saturated carbocycles. The fraction of sp³-hybridized carbons (Fsp3) is 0.200. The summed E-state index contributed by atoms with van der Waals surface area (Å²) in [5.74, 6) is -0.198. The van der Waals surface area contributed by atoms with E-state index in [0.717, 1.165) is 4.90 Å². The van der Waals surface area contributed by atoms with E-state index in [4.69, 9.17) is 11.6 Å². The van der Waals surface area contributed by atoms with Gasteiger partial charge in [-0.2, -0.15) is 0 Å². The van der Waals surface area contributed by atoms with Crippen LogP contribution in [0.3, 0.4) is 0 Å². The zero-order valence-corrected chi connectivity index (χ0v) is 13.9. The average Bonchev–Trinajstić information content (AvgIpc) is 2.44. The second kappa shape index (κ2) is 6.94. The van der Waals surface area contributed by atoms with Gasteiger partial charge in [0, 0.05) is 20.7 Å². The molecule has 2 rings (SSSR count). The molecule has 1 atom stereocenters. The second-order valence-electron chi connectivity index (χ2n) is 4.40. The fourth-order valence-electron chi connectivity index (χ4n) is 1.70. The van der Waals surface area contributed by atoms with Gasteiger partial charge in [-0.1, -0.05) is 35.4 Å². The Morgan fingerprint density at radius 1 is 1.25 bits per heavy atom. The topological polar surface area (TPSA) is 20.2 Å². The molecular formula is C15H13BrClFOS. The third kappa shape index (κ3) is 3.76. The Kier molecular flexibility index (Phi) is 5.49. The summed E-state index contributed by atoms with van der Waals surface area (Å²) in [6, 6.07) is 11.2. The van der Waals surface area contributed by atoms with Crippen LogP contribution in [0.5, 0.6) is 0 Å². The number of aliphatic hydroxyl groups is 1. The molecule has 0 bridgehead atoms. The highest BCUT2D eigenvalue weighted by atomic mass is 79.9. The molecule has 0 aliphatic rings. The largest absolute Gasteiger partial charge is 0.387 e. The van der Waals surface area contributed by atoms with Gasteiger partial charge >= 0.3 is 0 Å². The molecule has 0 spiro atoms. The number of aliphatic hydroxyl groups excluding tert-OH is 1. The van der Waals surface area contributed by atoms with E-state index in [0.29, 0.717) is 10.2 Å². The molecule has 0 radical (unpaired) electrons. The lowest BCUT2D eigenvalue weighted by molar-refractivity contribution is 0.199. The van der Waals surface area contributed by atoms with Crippen molar-refractivity contribution in [2.45, 2.75) is 17.9 Å². The lowest BCUT2D eigenvalue weighted by Gasteiger charge is -2.13. The molecule has 0 aliphatic carbocycles. The molecule has 0 saturated heterocycles. The van der Waals surface area contributed by atoms with Gasteiger partial charge in [0.1, 0.15) is 5.82 Å². The van der Waals surface area contributed by atoms with Crippen LogP contribution in [-0.2, 0) is 0 Å². The summed E-state index contributed by atoms with van der Waals surface area (Å²) < 4.78 is 14.4. The number of hydrogen-bond acceptors (Lipinski definition) is 2. The van der Waals surface area contributed by atoms with E-state index in [1.54, 1.807) is 12.1 Å². The first-order chi connectivity index (χ1) is 9.49. The van der Waals surface area contributed by atoms with Gasteiger partial charge in [0.2, 0.25) is 0 Å². The van der Waals surface area contributed by atoms with Crippen molar-refractivity contribution in [2.24, 2.45) is 0 Å². The van der Waals surface area contributed by atoms with Gasteiger partial charge in [-0.25, -0.2) is 4.39 Å². The van der Waals surface area contributed by atoms with Crippen LogP contribution < -0.4 is 0 Å². The van der Waals surface area contributed by atoms with Crippen LogP contribution >= 0.6 is 39.3 Å². The predicted octanol–water partition coefficient (Wildman–Crippen LogP) is 5.38. The third-order valence-corrected chi connectivity index (χ3v) is 5.20. The predicted molar refractivity (Wildman–Crippen MR) is 86.0 cm³/mol. The molecule has 2 aromatic rings. The maximum absolute atomic E-state index is 14.0. The Balaban J connectivity index is 2.07. The van der Waals surface area contributed by atoms with Crippen LogP contribution in [0.4, 0.5) is 4.39 Å². The summed E-state index contributed by atoms with van der Waals surface area (Å²) >= 11 is 10.5. The van der Waals surface area contributed by atoms with E-state index in [1.807, 2.05) is 31.2 Å². The summed E-state index contributed by atoms with van der Waals surface area (Å²) in [4.78, 5) is 1.04. The summed E-state index contributed by atoms with van der Waals surface area (Å²) in [6.45, 7) is 2.02. The Morgan fingerprint density at radius 3 is 2.55 bits per heavy atom. The molecule has 0 heterocycles. The minimum absolute atomic E-state index is 0.00175. The highest BCUT2D eigenvalue weighted by Crippen LogP contribution is 2.32. The molecule has 20 heavy (non-hydrogen) atoms. The molecule has 1 nitrogen and oxygen atoms in total. The number of rotatable bonds is 4. The SMILES string of the molecule is Cc1ccc(SCC(O)c2ccc(Br)c(Cl)c2F)cc1. The average molecular weight is 376 g/mol. The minimum Gasteiger partial charge on any atom is -0.387 e. The standard InChI is InChI=1S/C15H13BrClFOS/c1-9-2-4-10(5-3-9)20-8-13(19)11-6-7-12(16)14(17)15(11)18/h2-7,13,19H,8H2,1H3. The molecule has 0 amide bonds. The van der Waals surface area contributed by atoms with E-state index in [2.05, 4.69) is 15.9 Å². The minimum atomic E-state index is -0.896. The molecule has 0 aromatic heterocycles. The Bertz CT molecular complexity index is 604. The number of thioether (sulfide) groups is 1. The van der Waals surface area contributed by atoms with E-state index in [9.17, 15) is 9.50 Å². The third-order valence-electron chi connectivity index (χ3n) is 2.85. The maximum atomic E-state index is 14.0. The lowest BCUT2D eigenvalue weighted by Crippen LogP contribution is -2.04. The molecule has 1 unspecified atom stereocenters. The number of hydrogen-bond donors (Lipinski definition) is 1. The summed E-state index contributed by atoms with van der Waals surface area (Å²) in [6.07, 6.45) is -0.896. The molecule has 2 aromatic carbocycles. The molecule has 106 valence electrons. The quantitative estimate of drug-likeness (QED) is 0.572. The maximum Gasteiger partial charge on any atom is 0.148 e. The zero-order valence-electron chi connectivity index (χ0n) is 10.7. The smallest absolute Gasteiger partial charge is 0.148 e. The summed E-state index contributed by atoms with van der Waals surface area (Å²) in [5, 5.41) is 10.1. The summed E-state index contributed by atoms with van der Waals surface area (Å²) in [7, 11) is 0. The molecule has 1 N–H and O–H groups in total. The fourth-order valence-corrected chi connectivity index (χ4v) is 3.03. The highest BCUT2D eigenvalue weighted by Gasteiger charge is 2.17. The van der Waals surface area contributed by atoms with Gasteiger partial charge in [-0.05, 0) is 41.1 Å². The number of benzene rings is 2. The molecule has 0 aliphatic heterocycles. The number of halogens is 3. The van der Waals surface area contributed by atoms with Gasteiger partial charge in [-0.15, -0.1) is 11.8 Å². The first-order valence-electron chi connectivity index (χ1n) is 6.00. The van der Waals surface area contributed by atoms with Crippen molar-refractivity contribution >= 4 is 39.3 Å². The zero-order chi connectivity index (χ0) is 14.7. The Morgan fingerprint density at radius 2 is 1.90 bits per heavy atom. The van der Waals surface area contributed by atoms with Crippen LogP contribution in [0.15, 0.2) is 45.8 Å². The van der Waals surface area contributed by atoms with Crippen molar-refractivity contribution < 1.29 is 9.50 Å². The van der Waals surface area contributed by atoms with Gasteiger partial charge in [0.25, 0.3) is 0 Å². The molecule has 5 heteroatoms. The lowest BCUT2D eigenvalue weighted by atomic mass is 10.1. The van der Waals surface area contributed by atoms with Crippen LogP contribution in [0.1, 0.15) is 17.2 Å². The van der Waals surface area contributed by atoms with Crippen LogP contribution in [-0.4, -0.2) is 10.9 Å². The normalized spacial score (nSPS) is 12.4. The molecular weight excluding hydrogens is 363 g/mol. The van der Waals surface area contributed by atoms with Gasteiger partial charge < -0.3 is 5.11 Å². The van der Waals surface area contributed by atoms with Crippen LogP contribution in [0.2, 0.25) is 5.02 Å². The van der Waals surface area contributed by atoms with Gasteiger partial charge in [0.05, 0.1) is 11.1 Å². The summed E-state index contributed by atoms with van der Waals surface area (Å²) in [5.41, 5.74) is 1.40. The van der Waals surface area contributed by atoms with Crippen molar-refractivity contribution in [2.75, 3.05) is 5.75 Å². The van der Waals surface area contributed by atoms with Crippen molar-refractivity contribution in [1.82, 2.24) is 0 Å². The van der Waals surface area contributed by atoms with E-state index < -0.39 is 11.9 Å². The molecule has 0 fully saturated rings. The van der Waals surface area contributed by atoms with Crippen molar-refractivity contribution in [3.05, 3.63) is 62.8 Å². The van der Waals surface area contributed by atoms with Gasteiger partial charge in [0.15, 0.2) is 0 Å². The number of aryl methyl sites for hydroxylation is 1.